The van der Waals surface area contributed by atoms with Gasteiger partial charge in [0.25, 0.3) is 11.8 Å². The van der Waals surface area contributed by atoms with Gasteiger partial charge < -0.3 is 15.0 Å². The highest BCUT2D eigenvalue weighted by Crippen LogP contribution is 2.25. The molecule has 146 valence electrons. The number of carbonyl (C=O) groups excluding carboxylic acids is 2. The topological polar surface area (TPSA) is 94.9 Å². The number of hydrogen-bond donors (Lipinski definition) is 2. The van der Waals surface area contributed by atoms with Crippen molar-refractivity contribution in [3.63, 3.8) is 0 Å². The summed E-state index contributed by atoms with van der Waals surface area (Å²) in [5.41, 5.74) is -0.572. The minimum atomic E-state index is -0.887. The molecule has 0 unspecified atom stereocenters. The van der Waals surface area contributed by atoms with Crippen LogP contribution in [0, 0.1) is 5.82 Å². The largest absolute Gasteiger partial charge is 0.503 e. The minimum Gasteiger partial charge on any atom is -0.503 e. The molecule has 2 aliphatic rings. The number of amides is 2. The first-order chi connectivity index (χ1) is 13.5. The van der Waals surface area contributed by atoms with E-state index in [1.165, 1.54) is 40.0 Å². The lowest BCUT2D eigenvalue weighted by Gasteiger charge is -2.43. The Morgan fingerprint density at radius 3 is 2.61 bits per heavy atom. The van der Waals surface area contributed by atoms with E-state index in [2.05, 4.69) is 5.32 Å². The highest BCUT2D eigenvalue weighted by Gasteiger charge is 2.36. The standard InChI is InChI=1S/C19H19FN4O4/c20-13-5-3-12(4-6-13)9-21-18(27)14-10-22-11-23-7-1-2-8-24(23)19(28)15(22)17(26)16(14)25/h3-6,10,26H,1-2,7-9,11H2,(H,21,27). The summed E-state index contributed by atoms with van der Waals surface area (Å²) in [7, 11) is 0. The number of hydrazine groups is 1. The van der Waals surface area contributed by atoms with Crippen LogP contribution in [0.5, 0.6) is 5.75 Å². The second kappa shape index (κ2) is 7.08. The van der Waals surface area contributed by atoms with E-state index in [-0.39, 0.29) is 30.3 Å². The average molecular weight is 386 g/mol. The molecule has 0 spiro atoms. The number of nitrogens with one attached hydrogen (secondary N) is 1. The van der Waals surface area contributed by atoms with E-state index in [1.54, 1.807) is 0 Å². The fourth-order valence-corrected chi connectivity index (χ4v) is 3.52. The molecule has 4 rings (SSSR count). The average Bonchev–Trinajstić information content (AvgIpc) is 2.70. The third-order valence-electron chi connectivity index (χ3n) is 5.00. The van der Waals surface area contributed by atoms with Gasteiger partial charge in [-0.2, -0.15) is 5.01 Å². The van der Waals surface area contributed by atoms with Crippen molar-refractivity contribution < 1.29 is 19.1 Å². The Labute approximate surface area is 159 Å². The van der Waals surface area contributed by atoms with Crippen LogP contribution in [0.1, 0.15) is 39.3 Å². The zero-order chi connectivity index (χ0) is 19.8. The van der Waals surface area contributed by atoms with Crippen LogP contribution in [0.25, 0.3) is 0 Å². The quantitative estimate of drug-likeness (QED) is 0.822. The van der Waals surface area contributed by atoms with Crippen molar-refractivity contribution in [2.75, 3.05) is 13.1 Å². The number of rotatable bonds is 3. The first-order valence-electron chi connectivity index (χ1n) is 9.01. The summed E-state index contributed by atoms with van der Waals surface area (Å²) in [5, 5.41) is 16.3. The van der Waals surface area contributed by atoms with Gasteiger partial charge in [-0.15, -0.1) is 0 Å². The van der Waals surface area contributed by atoms with Crippen molar-refractivity contribution in [2.45, 2.75) is 26.1 Å². The lowest BCUT2D eigenvalue weighted by Crippen LogP contribution is -2.55. The van der Waals surface area contributed by atoms with E-state index in [4.69, 9.17) is 0 Å². The summed E-state index contributed by atoms with van der Waals surface area (Å²) in [6, 6.07) is 5.60. The van der Waals surface area contributed by atoms with Crippen LogP contribution < -0.4 is 10.7 Å². The number of fused-ring (bicyclic) bond motifs is 2. The van der Waals surface area contributed by atoms with Gasteiger partial charge in [-0.05, 0) is 30.5 Å². The molecule has 2 N–H and O–H groups in total. The number of benzene rings is 1. The maximum absolute atomic E-state index is 13.0. The first-order valence-corrected chi connectivity index (χ1v) is 9.01. The van der Waals surface area contributed by atoms with E-state index in [0.29, 0.717) is 18.7 Å². The molecule has 2 aliphatic heterocycles. The highest BCUT2D eigenvalue weighted by molar-refractivity contribution is 5.98. The molecule has 1 saturated heterocycles. The van der Waals surface area contributed by atoms with Crippen molar-refractivity contribution in [2.24, 2.45) is 0 Å². The fraction of sp³-hybridized carbons (Fsp3) is 0.316. The molecule has 2 amide bonds. The van der Waals surface area contributed by atoms with Crippen molar-refractivity contribution in [1.82, 2.24) is 19.9 Å². The highest BCUT2D eigenvalue weighted by atomic mass is 19.1. The maximum Gasteiger partial charge on any atom is 0.288 e. The van der Waals surface area contributed by atoms with Crippen LogP contribution in [0.4, 0.5) is 4.39 Å². The summed E-state index contributed by atoms with van der Waals surface area (Å²) < 4.78 is 14.4. The van der Waals surface area contributed by atoms with Crippen LogP contribution in [0.15, 0.2) is 35.3 Å². The van der Waals surface area contributed by atoms with Gasteiger partial charge in [0, 0.05) is 25.8 Å². The lowest BCUT2D eigenvalue weighted by molar-refractivity contribution is -0.0621. The van der Waals surface area contributed by atoms with Crippen molar-refractivity contribution in [1.29, 1.82) is 0 Å². The van der Waals surface area contributed by atoms with E-state index >= 15 is 0 Å². The summed E-state index contributed by atoms with van der Waals surface area (Å²) in [4.78, 5) is 37.7. The predicted molar refractivity (Wildman–Crippen MR) is 96.9 cm³/mol. The second-order valence-electron chi connectivity index (χ2n) is 6.85. The molecule has 1 aromatic carbocycles. The van der Waals surface area contributed by atoms with Crippen molar-refractivity contribution in [3.05, 3.63) is 63.3 Å². The summed E-state index contributed by atoms with van der Waals surface area (Å²) in [6.45, 7) is 1.59. The number of aromatic nitrogens is 1. The Hall–Kier alpha value is -3.20. The monoisotopic (exact) mass is 386 g/mol. The van der Waals surface area contributed by atoms with Gasteiger partial charge in [-0.3, -0.25) is 19.4 Å². The number of nitrogens with zero attached hydrogens (tertiary/aromatic N) is 3. The number of carbonyl (C=O) groups is 2. The van der Waals surface area contributed by atoms with Gasteiger partial charge >= 0.3 is 0 Å². The van der Waals surface area contributed by atoms with Crippen LogP contribution in [-0.2, 0) is 13.2 Å². The molecule has 0 saturated carbocycles. The van der Waals surface area contributed by atoms with Gasteiger partial charge in [0.1, 0.15) is 11.4 Å². The maximum atomic E-state index is 13.0. The summed E-state index contributed by atoms with van der Waals surface area (Å²) in [5.74, 6) is -2.22. The first kappa shape index (κ1) is 18.2. The molecule has 1 fully saturated rings. The molecule has 2 aromatic rings. The molecule has 0 atom stereocenters. The van der Waals surface area contributed by atoms with E-state index in [0.717, 1.165) is 12.8 Å². The third kappa shape index (κ3) is 3.13. The Balaban J connectivity index is 1.61. The Morgan fingerprint density at radius 1 is 1.14 bits per heavy atom. The zero-order valence-electron chi connectivity index (χ0n) is 15.0. The number of halogens is 1. The molecule has 1 aromatic heterocycles. The fourth-order valence-electron chi connectivity index (χ4n) is 3.52. The molecular formula is C19H19FN4O4. The van der Waals surface area contributed by atoms with Crippen LogP contribution in [0.3, 0.4) is 0 Å². The van der Waals surface area contributed by atoms with Gasteiger partial charge in [0.2, 0.25) is 5.43 Å². The summed E-state index contributed by atoms with van der Waals surface area (Å²) >= 11 is 0. The third-order valence-corrected chi connectivity index (χ3v) is 5.00. The van der Waals surface area contributed by atoms with E-state index in [9.17, 15) is 23.9 Å². The number of aromatic hydroxyl groups is 1. The molecule has 28 heavy (non-hydrogen) atoms. The van der Waals surface area contributed by atoms with Crippen molar-refractivity contribution in [3.8, 4) is 5.75 Å². The zero-order valence-corrected chi connectivity index (χ0v) is 15.0. The Kier molecular flexibility index (Phi) is 4.60. The molecule has 0 radical (unpaired) electrons. The molecule has 0 aliphatic carbocycles. The smallest absolute Gasteiger partial charge is 0.288 e. The molecule has 8 nitrogen and oxygen atoms in total. The van der Waals surface area contributed by atoms with Gasteiger partial charge in [0.15, 0.2) is 11.4 Å². The lowest BCUT2D eigenvalue weighted by atomic mass is 10.1. The minimum absolute atomic E-state index is 0.0971. The van der Waals surface area contributed by atoms with E-state index in [1.807, 2.05) is 5.01 Å². The van der Waals surface area contributed by atoms with Crippen LogP contribution in [0.2, 0.25) is 0 Å². The predicted octanol–water partition coefficient (Wildman–Crippen LogP) is 1.05. The van der Waals surface area contributed by atoms with E-state index < -0.39 is 23.0 Å². The number of pyridine rings is 1. The molecule has 3 heterocycles. The SMILES string of the molecule is O=C(NCc1ccc(F)cc1)c1cn2c(c(O)c1=O)C(=O)N1CCCCN1C2. The van der Waals surface area contributed by atoms with Crippen molar-refractivity contribution >= 4 is 11.8 Å². The normalized spacial score (nSPS) is 16.5. The van der Waals surface area contributed by atoms with Crippen LogP contribution in [-0.4, -0.2) is 44.6 Å². The Morgan fingerprint density at radius 2 is 1.86 bits per heavy atom. The van der Waals surface area contributed by atoms with Gasteiger partial charge in [-0.1, -0.05) is 12.1 Å². The van der Waals surface area contributed by atoms with Gasteiger partial charge in [0.05, 0.1) is 6.67 Å². The number of hydrogen-bond acceptors (Lipinski definition) is 5. The molecule has 0 bridgehead atoms. The Bertz CT molecular complexity index is 1000. The molecular weight excluding hydrogens is 367 g/mol. The second-order valence-corrected chi connectivity index (χ2v) is 6.85. The van der Waals surface area contributed by atoms with Crippen LogP contribution >= 0.6 is 0 Å². The van der Waals surface area contributed by atoms with Gasteiger partial charge in [-0.25, -0.2) is 4.39 Å². The summed E-state index contributed by atoms with van der Waals surface area (Å²) in [6.07, 6.45) is 3.11. The molecule has 9 heteroatoms.